The van der Waals surface area contributed by atoms with Crippen LogP contribution in [0.4, 0.5) is 8.78 Å². The van der Waals surface area contributed by atoms with Gasteiger partial charge in [0.2, 0.25) is 0 Å². The molecule has 21 heavy (non-hydrogen) atoms. The highest BCUT2D eigenvalue weighted by Crippen LogP contribution is 2.46. The topological polar surface area (TPSA) is 23.8 Å². The van der Waals surface area contributed by atoms with Gasteiger partial charge in [0.25, 0.3) is 0 Å². The maximum atomic E-state index is 13.8. The van der Waals surface area contributed by atoms with Crippen molar-refractivity contribution in [3.05, 3.63) is 35.4 Å². The highest BCUT2D eigenvalue weighted by Gasteiger charge is 2.39. The van der Waals surface area contributed by atoms with Gasteiger partial charge in [-0.2, -0.15) is 5.26 Å². The standard InChI is InChI=1S/C18H23F2N/c1-17(2,3)14-7-9-18(12-21,10-8-14)11-13-5-4-6-15(19)16(13)20/h4-6,14H,7-11H2,1-3H3. The third-order valence-corrected chi connectivity index (χ3v) is 4.97. The molecule has 1 aromatic rings. The van der Waals surface area contributed by atoms with E-state index in [1.165, 1.54) is 6.07 Å². The molecule has 0 unspecified atom stereocenters. The van der Waals surface area contributed by atoms with E-state index in [-0.39, 0.29) is 5.41 Å². The fraction of sp³-hybridized carbons (Fsp3) is 0.611. The molecule has 0 bridgehead atoms. The highest BCUT2D eigenvalue weighted by molar-refractivity contribution is 5.23. The average Bonchev–Trinajstić information content (AvgIpc) is 2.43. The molecule has 0 saturated heterocycles. The minimum atomic E-state index is -0.830. The Morgan fingerprint density at radius 3 is 2.38 bits per heavy atom. The van der Waals surface area contributed by atoms with Gasteiger partial charge in [-0.15, -0.1) is 0 Å². The summed E-state index contributed by atoms with van der Waals surface area (Å²) in [6.07, 6.45) is 3.80. The van der Waals surface area contributed by atoms with Crippen LogP contribution in [-0.4, -0.2) is 0 Å². The van der Waals surface area contributed by atoms with Gasteiger partial charge >= 0.3 is 0 Å². The monoisotopic (exact) mass is 291 g/mol. The Balaban J connectivity index is 2.15. The predicted octanol–water partition coefficient (Wildman–Crippen LogP) is 5.25. The van der Waals surface area contributed by atoms with Crippen molar-refractivity contribution in [1.82, 2.24) is 0 Å². The van der Waals surface area contributed by atoms with Crippen molar-refractivity contribution in [2.24, 2.45) is 16.7 Å². The van der Waals surface area contributed by atoms with Crippen LogP contribution in [-0.2, 0) is 6.42 Å². The van der Waals surface area contributed by atoms with Crippen molar-refractivity contribution in [2.75, 3.05) is 0 Å². The van der Waals surface area contributed by atoms with Crippen molar-refractivity contribution in [3.8, 4) is 6.07 Å². The summed E-state index contributed by atoms with van der Waals surface area (Å²) in [6.45, 7) is 6.68. The first-order valence-electron chi connectivity index (χ1n) is 7.61. The van der Waals surface area contributed by atoms with Crippen LogP contribution >= 0.6 is 0 Å². The van der Waals surface area contributed by atoms with E-state index < -0.39 is 17.0 Å². The molecule has 0 heterocycles. The Labute approximate surface area is 126 Å². The molecule has 0 amide bonds. The van der Waals surface area contributed by atoms with Gasteiger partial charge in [0.1, 0.15) is 0 Å². The molecule has 0 aliphatic heterocycles. The fourth-order valence-corrected chi connectivity index (χ4v) is 3.41. The molecule has 0 N–H and O–H groups in total. The van der Waals surface area contributed by atoms with Crippen LogP contribution in [0.15, 0.2) is 18.2 Å². The Morgan fingerprint density at radius 2 is 1.86 bits per heavy atom. The molecule has 1 aliphatic carbocycles. The third kappa shape index (κ3) is 3.43. The smallest absolute Gasteiger partial charge is 0.162 e. The van der Waals surface area contributed by atoms with Crippen molar-refractivity contribution in [2.45, 2.75) is 52.9 Å². The quantitative estimate of drug-likeness (QED) is 0.729. The van der Waals surface area contributed by atoms with E-state index in [2.05, 4.69) is 26.8 Å². The molecule has 0 aromatic heterocycles. The number of halogens is 2. The minimum Gasteiger partial charge on any atom is -0.204 e. The average molecular weight is 291 g/mol. The van der Waals surface area contributed by atoms with Crippen molar-refractivity contribution in [3.63, 3.8) is 0 Å². The zero-order valence-corrected chi connectivity index (χ0v) is 13.0. The SMILES string of the molecule is CC(C)(C)C1CCC(C#N)(Cc2cccc(F)c2F)CC1. The first-order chi connectivity index (χ1) is 9.77. The van der Waals surface area contributed by atoms with Crippen LogP contribution in [0, 0.1) is 39.7 Å². The summed E-state index contributed by atoms with van der Waals surface area (Å²) in [7, 11) is 0. The van der Waals surface area contributed by atoms with Crippen LogP contribution in [0.3, 0.4) is 0 Å². The maximum Gasteiger partial charge on any atom is 0.162 e. The molecule has 1 fully saturated rings. The van der Waals surface area contributed by atoms with Gasteiger partial charge in [0.05, 0.1) is 11.5 Å². The molecule has 0 radical (unpaired) electrons. The van der Waals surface area contributed by atoms with Gasteiger partial charge in [0.15, 0.2) is 11.6 Å². The normalized spacial score (nSPS) is 26.4. The van der Waals surface area contributed by atoms with Gasteiger partial charge in [-0.3, -0.25) is 0 Å². The Hall–Kier alpha value is -1.43. The van der Waals surface area contributed by atoms with Crippen LogP contribution in [0.25, 0.3) is 0 Å². The number of hydrogen-bond donors (Lipinski definition) is 0. The zero-order valence-electron chi connectivity index (χ0n) is 13.0. The molecular weight excluding hydrogens is 268 g/mol. The summed E-state index contributed by atoms with van der Waals surface area (Å²) in [6, 6.07) is 6.62. The highest BCUT2D eigenvalue weighted by atomic mass is 19.2. The fourth-order valence-electron chi connectivity index (χ4n) is 3.41. The molecule has 0 spiro atoms. The number of nitriles is 1. The summed E-state index contributed by atoms with van der Waals surface area (Å²) < 4.78 is 27.2. The van der Waals surface area contributed by atoms with Crippen LogP contribution in [0.1, 0.15) is 52.0 Å². The van der Waals surface area contributed by atoms with Crippen LogP contribution < -0.4 is 0 Å². The summed E-state index contributed by atoms with van der Waals surface area (Å²) >= 11 is 0. The number of nitrogens with zero attached hydrogens (tertiary/aromatic N) is 1. The first kappa shape index (κ1) is 15.9. The molecule has 2 rings (SSSR count). The molecule has 1 aliphatic rings. The van der Waals surface area contributed by atoms with Gasteiger partial charge in [0, 0.05) is 0 Å². The number of hydrogen-bond acceptors (Lipinski definition) is 1. The van der Waals surface area contributed by atoms with Crippen LogP contribution in [0.5, 0.6) is 0 Å². The van der Waals surface area contributed by atoms with E-state index in [0.29, 0.717) is 17.9 Å². The Kier molecular flexibility index (Phi) is 4.37. The first-order valence-corrected chi connectivity index (χ1v) is 7.61. The van der Waals surface area contributed by atoms with E-state index in [4.69, 9.17) is 0 Å². The second kappa shape index (κ2) is 5.75. The lowest BCUT2D eigenvalue weighted by atomic mass is 9.63. The molecule has 0 atom stereocenters. The largest absolute Gasteiger partial charge is 0.204 e. The lowest BCUT2D eigenvalue weighted by Gasteiger charge is -2.40. The van der Waals surface area contributed by atoms with Crippen molar-refractivity contribution < 1.29 is 8.78 Å². The lowest BCUT2D eigenvalue weighted by Crippen LogP contribution is -2.33. The van der Waals surface area contributed by atoms with Crippen molar-refractivity contribution in [1.29, 1.82) is 5.26 Å². The molecule has 1 saturated carbocycles. The van der Waals surface area contributed by atoms with Gasteiger partial charge in [-0.1, -0.05) is 32.9 Å². The number of rotatable bonds is 2. The summed E-state index contributed by atoms with van der Waals surface area (Å²) in [5.74, 6) is -1.04. The van der Waals surface area contributed by atoms with E-state index >= 15 is 0 Å². The minimum absolute atomic E-state index is 0.242. The molecule has 3 heteroatoms. The second-order valence-corrected chi connectivity index (χ2v) is 7.42. The summed E-state index contributed by atoms with van der Waals surface area (Å²) in [4.78, 5) is 0. The number of benzene rings is 1. The van der Waals surface area contributed by atoms with Gasteiger partial charge in [-0.05, 0) is 55.1 Å². The van der Waals surface area contributed by atoms with E-state index in [9.17, 15) is 14.0 Å². The summed E-state index contributed by atoms with van der Waals surface area (Å²) in [5, 5.41) is 9.59. The second-order valence-electron chi connectivity index (χ2n) is 7.42. The predicted molar refractivity (Wildman–Crippen MR) is 79.5 cm³/mol. The molecular formula is C18H23F2N. The Bertz CT molecular complexity index is 543. The lowest BCUT2D eigenvalue weighted by molar-refractivity contribution is 0.120. The van der Waals surface area contributed by atoms with Crippen LogP contribution in [0.2, 0.25) is 0 Å². The van der Waals surface area contributed by atoms with E-state index in [1.807, 2.05) is 0 Å². The summed E-state index contributed by atoms with van der Waals surface area (Å²) in [5.41, 5.74) is 0.0213. The Morgan fingerprint density at radius 1 is 1.24 bits per heavy atom. The molecule has 1 nitrogen and oxygen atoms in total. The van der Waals surface area contributed by atoms with Gasteiger partial charge < -0.3 is 0 Å². The van der Waals surface area contributed by atoms with Gasteiger partial charge in [-0.25, -0.2) is 8.78 Å². The van der Waals surface area contributed by atoms with E-state index in [1.54, 1.807) is 6.07 Å². The molecule has 114 valence electrons. The molecule has 1 aromatic carbocycles. The van der Waals surface area contributed by atoms with E-state index in [0.717, 1.165) is 31.7 Å². The zero-order chi connectivity index (χ0) is 15.7. The van der Waals surface area contributed by atoms with Crippen molar-refractivity contribution >= 4 is 0 Å². The third-order valence-electron chi connectivity index (χ3n) is 4.97. The maximum absolute atomic E-state index is 13.8.